The van der Waals surface area contributed by atoms with Crippen molar-refractivity contribution in [1.82, 2.24) is 9.97 Å². The minimum Gasteiger partial charge on any atom is -0.378 e. The van der Waals surface area contributed by atoms with Crippen LogP contribution in [0.4, 0.5) is 11.6 Å². The van der Waals surface area contributed by atoms with E-state index in [0.717, 1.165) is 22.3 Å². The first-order valence-electron chi connectivity index (χ1n) is 7.15. The zero-order chi connectivity index (χ0) is 15.5. The van der Waals surface area contributed by atoms with Crippen molar-refractivity contribution >= 4 is 28.9 Å². The van der Waals surface area contributed by atoms with Gasteiger partial charge in [-0.2, -0.15) is 5.10 Å². The molecule has 5 nitrogen and oxygen atoms in total. The van der Waals surface area contributed by atoms with E-state index in [1.807, 2.05) is 38.4 Å². The monoisotopic (exact) mass is 293 g/mol. The molecule has 1 heterocycles. The number of hydrogen-bond donors (Lipinski definition) is 2. The lowest BCUT2D eigenvalue weighted by Crippen LogP contribution is -2.08. The van der Waals surface area contributed by atoms with Crippen LogP contribution in [0.2, 0.25) is 0 Å². The lowest BCUT2D eigenvalue weighted by molar-refractivity contribution is 1.13. The second kappa shape index (κ2) is 5.89. The highest BCUT2D eigenvalue weighted by molar-refractivity contribution is 5.81. The Labute approximate surface area is 129 Å². The fourth-order valence-electron chi connectivity index (χ4n) is 2.20. The number of rotatable bonds is 4. The largest absolute Gasteiger partial charge is 0.378 e. The molecule has 2 aromatic carbocycles. The number of fused-ring (bicyclic) bond motifs is 1. The molecule has 5 heteroatoms. The van der Waals surface area contributed by atoms with Gasteiger partial charge in [-0.1, -0.05) is 18.2 Å². The number of aromatic nitrogens is 2. The van der Waals surface area contributed by atoms with Gasteiger partial charge in [-0.05, 0) is 42.3 Å². The topological polar surface area (TPSA) is 56.3 Å². The summed E-state index contributed by atoms with van der Waals surface area (Å²) >= 11 is 0. The number of benzene rings is 2. The summed E-state index contributed by atoms with van der Waals surface area (Å²) in [6.45, 7) is 2.06. The highest BCUT2D eigenvalue weighted by Crippen LogP contribution is 2.15. The molecule has 0 radical (unpaired) electrons. The van der Waals surface area contributed by atoms with E-state index in [1.54, 1.807) is 6.21 Å². The molecule has 0 unspecified atom stereocenters. The molecule has 3 aromatic rings. The summed E-state index contributed by atoms with van der Waals surface area (Å²) in [5, 5.41) is 4.22. The standard InChI is InChI=1S/C17H19N5/c1-12-4-9-15-16(10-12)20-17(19-15)21-18-11-13-5-7-14(8-6-13)22(2)3/h4-11H,1-3H3,(H2,19,20,21)/b18-11-. The SMILES string of the molecule is Cc1ccc2nc(N/N=C\c3ccc(N(C)C)cc3)[nH]c2c1. The van der Waals surface area contributed by atoms with Gasteiger partial charge < -0.3 is 9.88 Å². The number of hydrazone groups is 1. The van der Waals surface area contributed by atoms with Crippen molar-refractivity contribution < 1.29 is 0 Å². The van der Waals surface area contributed by atoms with Crippen LogP contribution in [0.3, 0.4) is 0 Å². The summed E-state index contributed by atoms with van der Waals surface area (Å²) in [4.78, 5) is 9.70. The molecule has 112 valence electrons. The van der Waals surface area contributed by atoms with E-state index in [9.17, 15) is 0 Å². The van der Waals surface area contributed by atoms with Crippen LogP contribution in [-0.4, -0.2) is 30.3 Å². The number of nitrogens with one attached hydrogen (secondary N) is 2. The van der Waals surface area contributed by atoms with E-state index in [4.69, 9.17) is 0 Å². The fraction of sp³-hybridized carbons (Fsp3) is 0.176. The van der Waals surface area contributed by atoms with Gasteiger partial charge in [0.2, 0.25) is 5.95 Å². The molecule has 0 bridgehead atoms. The highest BCUT2D eigenvalue weighted by atomic mass is 15.3. The van der Waals surface area contributed by atoms with Crippen molar-refractivity contribution in [2.75, 3.05) is 24.4 Å². The Morgan fingerprint density at radius 3 is 2.64 bits per heavy atom. The molecule has 22 heavy (non-hydrogen) atoms. The first-order valence-corrected chi connectivity index (χ1v) is 7.15. The van der Waals surface area contributed by atoms with Crippen molar-refractivity contribution in [2.45, 2.75) is 6.92 Å². The highest BCUT2D eigenvalue weighted by Gasteiger charge is 2.01. The quantitative estimate of drug-likeness (QED) is 0.572. The third-order valence-corrected chi connectivity index (χ3v) is 3.43. The van der Waals surface area contributed by atoms with Crippen LogP contribution in [0.25, 0.3) is 11.0 Å². The molecule has 3 rings (SSSR count). The maximum absolute atomic E-state index is 4.44. The van der Waals surface area contributed by atoms with Crippen LogP contribution < -0.4 is 10.3 Å². The van der Waals surface area contributed by atoms with Gasteiger partial charge in [-0.25, -0.2) is 10.4 Å². The average Bonchev–Trinajstić information content (AvgIpc) is 2.89. The van der Waals surface area contributed by atoms with Gasteiger partial charge in [-0.15, -0.1) is 0 Å². The molecule has 0 fully saturated rings. The van der Waals surface area contributed by atoms with Gasteiger partial charge in [0.15, 0.2) is 0 Å². The van der Waals surface area contributed by atoms with E-state index in [-0.39, 0.29) is 0 Å². The number of aromatic amines is 1. The second-order valence-corrected chi connectivity index (χ2v) is 5.46. The molecule has 0 saturated heterocycles. The lowest BCUT2D eigenvalue weighted by Gasteiger charge is -2.11. The summed E-state index contributed by atoms with van der Waals surface area (Å²) in [5.41, 5.74) is 8.27. The first-order chi connectivity index (χ1) is 10.6. The minimum absolute atomic E-state index is 0.641. The van der Waals surface area contributed by atoms with Crippen molar-refractivity contribution in [3.63, 3.8) is 0 Å². The maximum Gasteiger partial charge on any atom is 0.222 e. The predicted molar refractivity (Wildman–Crippen MR) is 92.8 cm³/mol. The van der Waals surface area contributed by atoms with E-state index >= 15 is 0 Å². The number of imidazole rings is 1. The van der Waals surface area contributed by atoms with Crippen LogP contribution >= 0.6 is 0 Å². The molecule has 2 N–H and O–H groups in total. The number of nitrogens with zero attached hydrogens (tertiary/aromatic N) is 3. The third-order valence-electron chi connectivity index (χ3n) is 3.43. The van der Waals surface area contributed by atoms with Crippen LogP contribution in [0.1, 0.15) is 11.1 Å². The van der Waals surface area contributed by atoms with Crippen LogP contribution in [-0.2, 0) is 0 Å². The Morgan fingerprint density at radius 1 is 1.14 bits per heavy atom. The Morgan fingerprint density at radius 2 is 1.91 bits per heavy atom. The van der Waals surface area contributed by atoms with Crippen molar-refractivity contribution in [3.8, 4) is 0 Å². The van der Waals surface area contributed by atoms with Crippen LogP contribution in [0.15, 0.2) is 47.6 Å². The van der Waals surface area contributed by atoms with Gasteiger partial charge in [-0.3, -0.25) is 0 Å². The fourth-order valence-corrected chi connectivity index (χ4v) is 2.20. The van der Waals surface area contributed by atoms with E-state index in [1.165, 1.54) is 5.56 Å². The molecule has 0 atom stereocenters. The molecular weight excluding hydrogens is 274 g/mol. The van der Waals surface area contributed by atoms with Gasteiger partial charge in [0, 0.05) is 19.8 Å². The van der Waals surface area contributed by atoms with Crippen LogP contribution in [0, 0.1) is 6.92 Å². The second-order valence-electron chi connectivity index (χ2n) is 5.46. The smallest absolute Gasteiger partial charge is 0.222 e. The zero-order valence-electron chi connectivity index (χ0n) is 13.0. The van der Waals surface area contributed by atoms with Gasteiger partial charge in [0.25, 0.3) is 0 Å². The predicted octanol–water partition coefficient (Wildman–Crippen LogP) is 3.38. The molecule has 0 aliphatic heterocycles. The number of anilines is 2. The maximum atomic E-state index is 4.44. The molecule has 0 aliphatic carbocycles. The summed E-state index contributed by atoms with van der Waals surface area (Å²) in [6.07, 6.45) is 1.78. The average molecular weight is 293 g/mol. The van der Waals surface area contributed by atoms with Crippen molar-refractivity contribution in [2.24, 2.45) is 5.10 Å². The Kier molecular flexibility index (Phi) is 3.78. The number of H-pyrrole nitrogens is 1. The van der Waals surface area contributed by atoms with Crippen molar-refractivity contribution in [3.05, 3.63) is 53.6 Å². The normalized spacial score (nSPS) is 11.2. The number of aryl methyl sites for hydroxylation is 1. The van der Waals surface area contributed by atoms with Gasteiger partial charge >= 0.3 is 0 Å². The molecule has 0 aliphatic rings. The Balaban J connectivity index is 1.70. The van der Waals surface area contributed by atoms with Gasteiger partial charge in [0.1, 0.15) is 0 Å². The first kappa shape index (κ1) is 14.1. The Bertz CT molecular complexity index is 800. The summed E-state index contributed by atoms with van der Waals surface area (Å²) in [5.74, 6) is 0.641. The van der Waals surface area contributed by atoms with E-state index in [0.29, 0.717) is 5.95 Å². The summed E-state index contributed by atoms with van der Waals surface area (Å²) in [6, 6.07) is 14.3. The third kappa shape index (κ3) is 3.09. The van der Waals surface area contributed by atoms with E-state index in [2.05, 4.69) is 50.5 Å². The zero-order valence-corrected chi connectivity index (χ0v) is 13.0. The number of hydrogen-bond acceptors (Lipinski definition) is 4. The molecule has 0 saturated carbocycles. The van der Waals surface area contributed by atoms with Gasteiger partial charge in [0.05, 0.1) is 17.2 Å². The minimum atomic E-state index is 0.641. The summed E-state index contributed by atoms with van der Waals surface area (Å²) < 4.78 is 0. The Hall–Kier alpha value is -2.82. The molecular formula is C17H19N5. The summed E-state index contributed by atoms with van der Waals surface area (Å²) in [7, 11) is 4.04. The van der Waals surface area contributed by atoms with E-state index < -0.39 is 0 Å². The van der Waals surface area contributed by atoms with Crippen molar-refractivity contribution in [1.29, 1.82) is 0 Å². The molecule has 1 aromatic heterocycles. The molecule has 0 spiro atoms. The molecule has 0 amide bonds. The van der Waals surface area contributed by atoms with Crippen LogP contribution in [0.5, 0.6) is 0 Å². The lowest BCUT2D eigenvalue weighted by atomic mass is 10.2.